The van der Waals surface area contributed by atoms with Crippen LogP contribution < -0.4 is 20.3 Å². The molecule has 8 nitrogen and oxygen atoms in total. The first-order chi connectivity index (χ1) is 15.8. The first kappa shape index (κ1) is 22.5. The second kappa shape index (κ2) is 9.05. The number of carbonyl (C=O) groups is 1. The molecule has 10 heteroatoms. The molecule has 1 amide bonds. The fourth-order valence-corrected chi connectivity index (χ4v) is 4.05. The molecule has 0 unspecified atom stereocenters. The lowest BCUT2D eigenvalue weighted by atomic mass is 10.1. The van der Waals surface area contributed by atoms with Crippen molar-refractivity contribution >= 4 is 23.1 Å². The van der Waals surface area contributed by atoms with Gasteiger partial charge in [-0.1, -0.05) is 6.92 Å². The zero-order chi connectivity index (χ0) is 23.7. The van der Waals surface area contributed by atoms with E-state index in [2.05, 4.69) is 20.7 Å². The Hall–Kier alpha value is -3.69. The van der Waals surface area contributed by atoms with E-state index in [0.717, 1.165) is 22.6 Å². The van der Waals surface area contributed by atoms with Gasteiger partial charge in [-0.05, 0) is 31.0 Å². The van der Waals surface area contributed by atoms with Gasteiger partial charge in [0.05, 0.1) is 36.9 Å². The quantitative estimate of drug-likeness (QED) is 0.564. The van der Waals surface area contributed by atoms with Crippen LogP contribution in [0.2, 0.25) is 0 Å². The van der Waals surface area contributed by atoms with E-state index in [1.165, 1.54) is 19.2 Å². The molecule has 3 aromatic rings. The van der Waals surface area contributed by atoms with E-state index in [1.54, 1.807) is 17.1 Å². The Morgan fingerprint density at radius 3 is 2.61 bits per heavy atom. The van der Waals surface area contributed by atoms with Gasteiger partial charge in [0, 0.05) is 31.4 Å². The van der Waals surface area contributed by atoms with E-state index in [1.807, 2.05) is 31.9 Å². The fraction of sp³-hybridized carbons (Fsp3) is 0.348. The maximum absolute atomic E-state index is 13.9. The average molecular weight is 456 g/mol. The summed E-state index contributed by atoms with van der Waals surface area (Å²) in [5.74, 6) is -1.24. The number of anilines is 3. The van der Waals surface area contributed by atoms with Gasteiger partial charge in [0.15, 0.2) is 17.4 Å². The number of rotatable bonds is 7. The molecule has 1 aromatic carbocycles. The third-order valence-corrected chi connectivity index (χ3v) is 5.73. The molecule has 2 N–H and O–H groups in total. The number of benzene rings is 1. The highest BCUT2D eigenvalue weighted by Gasteiger charge is 2.30. The van der Waals surface area contributed by atoms with Gasteiger partial charge in [0.25, 0.3) is 0 Å². The number of nitrogens with zero attached hydrogens (tertiary/aromatic N) is 4. The number of likely N-dealkylation sites (N-methyl/N-ethyl adjacent to an activating group) is 1. The lowest BCUT2D eigenvalue weighted by Gasteiger charge is -2.35. The van der Waals surface area contributed by atoms with Crippen molar-refractivity contribution in [2.24, 2.45) is 0 Å². The molecule has 4 rings (SSSR count). The maximum Gasteiger partial charge on any atom is 0.247 e. The molecule has 0 saturated carbocycles. The number of hydrogen-bond donors (Lipinski definition) is 2. The molecule has 1 aliphatic heterocycles. The van der Waals surface area contributed by atoms with Crippen molar-refractivity contribution in [3.63, 3.8) is 0 Å². The van der Waals surface area contributed by atoms with Gasteiger partial charge in [0.1, 0.15) is 11.9 Å². The summed E-state index contributed by atoms with van der Waals surface area (Å²) in [6, 6.07) is 4.16. The third kappa shape index (κ3) is 4.46. The monoisotopic (exact) mass is 456 g/mol. The van der Waals surface area contributed by atoms with E-state index in [0.29, 0.717) is 24.3 Å². The van der Waals surface area contributed by atoms with Gasteiger partial charge in [-0.15, -0.1) is 0 Å². The van der Waals surface area contributed by atoms with E-state index >= 15 is 0 Å². The van der Waals surface area contributed by atoms with E-state index < -0.39 is 17.4 Å². The van der Waals surface area contributed by atoms with Crippen LogP contribution in [0.5, 0.6) is 5.75 Å². The minimum absolute atomic E-state index is 0.0258. The maximum atomic E-state index is 13.9. The minimum Gasteiger partial charge on any atom is -0.491 e. The minimum atomic E-state index is -0.748. The number of amides is 1. The van der Waals surface area contributed by atoms with Gasteiger partial charge in [0.2, 0.25) is 5.91 Å². The van der Waals surface area contributed by atoms with Crippen LogP contribution >= 0.6 is 0 Å². The normalized spacial score (nSPS) is 15.3. The summed E-state index contributed by atoms with van der Waals surface area (Å²) in [6.45, 7) is 4.52. The Morgan fingerprint density at radius 2 is 1.94 bits per heavy atom. The first-order valence-corrected chi connectivity index (χ1v) is 10.6. The first-order valence-electron chi connectivity index (χ1n) is 10.6. The van der Waals surface area contributed by atoms with Crippen LogP contribution in [0.3, 0.4) is 0 Å². The molecule has 0 aliphatic carbocycles. The van der Waals surface area contributed by atoms with Gasteiger partial charge in [-0.3, -0.25) is 9.48 Å². The molecule has 1 aliphatic rings. The summed E-state index contributed by atoms with van der Waals surface area (Å²) >= 11 is 0. The van der Waals surface area contributed by atoms with Crippen molar-refractivity contribution in [2.45, 2.75) is 39.4 Å². The van der Waals surface area contributed by atoms with Crippen LogP contribution in [0.4, 0.5) is 26.0 Å². The highest BCUT2D eigenvalue weighted by molar-refractivity contribution is 6.04. The summed E-state index contributed by atoms with van der Waals surface area (Å²) in [5, 5.41) is 10.5. The summed E-state index contributed by atoms with van der Waals surface area (Å²) in [6.07, 6.45) is 4.19. The van der Waals surface area contributed by atoms with Crippen molar-refractivity contribution < 1.29 is 18.3 Å². The summed E-state index contributed by atoms with van der Waals surface area (Å²) in [4.78, 5) is 18.8. The van der Waals surface area contributed by atoms with Gasteiger partial charge < -0.3 is 20.3 Å². The SMILES string of the molecule is CC[C@H]1C(=O)Nc2c(cc(NCc3cnn(Cc4cc(F)c(OC)c(F)c4)c3)nc2C)N1C. The lowest BCUT2D eigenvalue weighted by molar-refractivity contribution is -0.117. The van der Waals surface area contributed by atoms with Crippen molar-refractivity contribution in [3.8, 4) is 5.75 Å². The Labute approximate surface area is 190 Å². The van der Waals surface area contributed by atoms with Crippen LogP contribution in [0.15, 0.2) is 30.6 Å². The second-order valence-electron chi connectivity index (χ2n) is 8.00. The summed E-state index contributed by atoms with van der Waals surface area (Å²) in [7, 11) is 3.13. The summed E-state index contributed by atoms with van der Waals surface area (Å²) in [5.41, 5.74) is 3.69. The zero-order valence-electron chi connectivity index (χ0n) is 18.9. The van der Waals surface area contributed by atoms with Gasteiger partial charge >= 0.3 is 0 Å². The van der Waals surface area contributed by atoms with Crippen LogP contribution in [0, 0.1) is 18.6 Å². The molecule has 0 radical (unpaired) electrons. The second-order valence-corrected chi connectivity index (χ2v) is 8.00. The third-order valence-electron chi connectivity index (χ3n) is 5.73. The number of pyridine rings is 1. The van der Waals surface area contributed by atoms with E-state index in [4.69, 9.17) is 4.74 Å². The Morgan fingerprint density at radius 1 is 1.21 bits per heavy atom. The highest BCUT2D eigenvalue weighted by atomic mass is 19.1. The van der Waals surface area contributed by atoms with Crippen molar-refractivity contribution in [2.75, 3.05) is 29.7 Å². The number of carbonyl (C=O) groups excluding carboxylic acids is 1. The van der Waals surface area contributed by atoms with Gasteiger partial charge in [-0.25, -0.2) is 13.8 Å². The van der Waals surface area contributed by atoms with Crippen molar-refractivity contribution in [1.29, 1.82) is 0 Å². The average Bonchev–Trinajstić information content (AvgIpc) is 3.20. The molecular weight excluding hydrogens is 430 g/mol. The largest absolute Gasteiger partial charge is 0.491 e. The van der Waals surface area contributed by atoms with E-state index in [-0.39, 0.29) is 18.5 Å². The molecule has 0 bridgehead atoms. The number of methoxy groups -OCH3 is 1. The standard InChI is InChI=1S/C23H26F2N6O2/c1-5-18-23(32)29-21-13(2)28-20(8-19(21)30(18)3)26-9-15-10-27-31(12-15)11-14-6-16(24)22(33-4)17(25)7-14/h6-8,10,12,18H,5,9,11H2,1-4H3,(H,26,28)(H,29,32)/t18-/m0/s1. The molecule has 174 valence electrons. The predicted molar refractivity (Wildman–Crippen MR) is 122 cm³/mol. The fourth-order valence-electron chi connectivity index (χ4n) is 4.05. The number of nitrogens with one attached hydrogen (secondary N) is 2. The number of halogens is 2. The van der Waals surface area contributed by atoms with Crippen LogP contribution in [-0.4, -0.2) is 40.9 Å². The van der Waals surface area contributed by atoms with Gasteiger partial charge in [-0.2, -0.15) is 5.10 Å². The number of aryl methyl sites for hydroxylation is 1. The van der Waals surface area contributed by atoms with Crippen molar-refractivity contribution in [3.05, 3.63) is 59.0 Å². The number of ether oxygens (including phenoxy) is 1. The molecule has 0 spiro atoms. The van der Waals surface area contributed by atoms with Crippen molar-refractivity contribution in [1.82, 2.24) is 14.8 Å². The Balaban J connectivity index is 1.45. The van der Waals surface area contributed by atoms with Crippen LogP contribution in [0.1, 0.15) is 30.2 Å². The Bertz CT molecular complexity index is 1170. The molecule has 0 saturated heterocycles. The van der Waals surface area contributed by atoms with Crippen LogP contribution in [-0.2, 0) is 17.9 Å². The topological polar surface area (TPSA) is 84.3 Å². The number of fused-ring (bicyclic) bond motifs is 1. The summed E-state index contributed by atoms with van der Waals surface area (Å²) < 4.78 is 34.2. The Kier molecular flexibility index (Phi) is 6.17. The number of aromatic nitrogens is 3. The predicted octanol–water partition coefficient (Wildman–Crippen LogP) is 3.70. The number of hydrogen-bond acceptors (Lipinski definition) is 6. The lowest BCUT2D eigenvalue weighted by Crippen LogP contribution is -2.45. The molecular formula is C23H26F2N6O2. The van der Waals surface area contributed by atoms with E-state index in [9.17, 15) is 13.6 Å². The smallest absolute Gasteiger partial charge is 0.247 e. The molecule has 33 heavy (non-hydrogen) atoms. The van der Waals surface area contributed by atoms with Crippen LogP contribution in [0.25, 0.3) is 0 Å². The molecule has 2 aromatic heterocycles. The molecule has 0 fully saturated rings. The molecule has 1 atom stereocenters. The zero-order valence-corrected chi connectivity index (χ0v) is 18.9. The highest BCUT2D eigenvalue weighted by Crippen LogP contribution is 2.35. The molecule has 3 heterocycles.